The Hall–Kier alpha value is -4.13. The van der Waals surface area contributed by atoms with E-state index < -0.39 is 10.5 Å². The van der Waals surface area contributed by atoms with Crippen molar-refractivity contribution in [1.29, 1.82) is 0 Å². The van der Waals surface area contributed by atoms with Gasteiger partial charge in [0.05, 0.1) is 28.7 Å². The first kappa shape index (κ1) is 17.9. The monoisotopic (exact) mass is 397 g/mol. The van der Waals surface area contributed by atoms with E-state index in [0.29, 0.717) is 5.56 Å². The predicted molar refractivity (Wildman–Crippen MR) is 112 cm³/mol. The number of rotatable bonds is 4. The standard InChI is InChI=1S/C23H15N3O4/c27-22(16-6-5-15-9-14-3-1-2-4-18(14)20(15)10-16)12-25-13-24-21-11-17(26(29)30)7-8-19(21)23(25)28/h1-8,10-11,13H,9,12H2. The molecule has 0 spiro atoms. The van der Waals surface area contributed by atoms with Crippen molar-refractivity contribution in [2.75, 3.05) is 0 Å². The maximum atomic E-state index is 12.9. The number of aromatic nitrogens is 2. The van der Waals surface area contributed by atoms with Crippen molar-refractivity contribution in [3.8, 4) is 11.1 Å². The van der Waals surface area contributed by atoms with Crippen LogP contribution in [0, 0.1) is 10.1 Å². The Bertz CT molecular complexity index is 1420. The third-order valence-electron chi connectivity index (χ3n) is 5.45. The Balaban J connectivity index is 1.47. The van der Waals surface area contributed by atoms with Crippen LogP contribution < -0.4 is 5.56 Å². The lowest BCUT2D eigenvalue weighted by Gasteiger charge is -2.08. The van der Waals surface area contributed by atoms with Crippen molar-refractivity contribution in [3.05, 3.63) is 104 Å². The molecule has 30 heavy (non-hydrogen) atoms. The minimum Gasteiger partial charge on any atom is -0.292 e. The van der Waals surface area contributed by atoms with Gasteiger partial charge in [-0.3, -0.25) is 24.3 Å². The normalized spacial score (nSPS) is 11.9. The van der Waals surface area contributed by atoms with E-state index in [4.69, 9.17) is 0 Å². The first-order chi connectivity index (χ1) is 14.5. The maximum absolute atomic E-state index is 12.9. The fourth-order valence-corrected chi connectivity index (χ4v) is 3.92. The van der Waals surface area contributed by atoms with Crippen molar-refractivity contribution in [1.82, 2.24) is 9.55 Å². The lowest BCUT2D eigenvalue weighted by atomic mass is 10.0. The largest absolute Gasteiger partial charge is 0.292 e. The molecule has 1 aliphatic carbocycles. The number of non-ortho nitro benzene ring substituents is 1. The van der Waals surface area contributed by atoms with Crippen LogP contribution >= 0.6 is 0 Å². The van der Waals surface area contributed by atoms with Crippen molar-refractivity contribution in [3.63, 3.8) is 0 Å². The number of Topliss-reactive ketones (excluding diaryl/α,β-unsaturated/α-hetero) is 1. The average molecular weight is 397 g/mol. The van der Waals surface area contributed by atoms with Gasteiger partial charge in [0, 0.05) is 17.7 Å². The van der Waals surface area contributed by atoms with E-state index in [0.717, 1.165) is 17.5 Å². The molecule has 0 radical (unpaired) electrons. The number of nitrogens with zero attached hydrogens (tertiary/aromatic N) is 3. The number of benzene rings is 3. The van der Waals surface area contributed by atoms with Gasteiger partial charge in [-0.2, -0.15) is 0 Å². The molecule has 0 N–H and O–H groups in total. The first-order valence-corrected chi connectivity index (χ1v) is 9.39. The number of hydrogen-bond donors (Lipinski definition) is 0. The van der Waals surface area contributed by atoms with Gasteiger partial charge in [-0.25, -0.2) is 4.98 Å². The Labute approximate surface area is 170 Å². The molecular formula is C23H15N3O4. The molecule has 0 fully saturated rings. The van der Waals surface area contributed by atoms with Crippen molar-refractivity contribution >= 4 is 22.4 Å². The molecule has 0 aliphatic heterocycles. The van der Waals surface area contributed by atoms with Gasteiger partial charge in [-0.05, 0) is 40.8 Å². The van der Waals surface area contributed by atoms with Crippen molar-refractivity contribution in [2.24, 2.45) is 0 Å². The van der Waals surface area contributed by atoms with Crippen LogP contribution in [0.25, 0.3) is 22.0 Å². The first-order valence-electron chi connectivity index (χ1n) is 9.39. The summed E-state index contributed by atoms with van der Waals surface area (Å²) < 4.78 is 1.23. The van der Waals surface area contributed by atoms with Crippen LogP contribution in [0.1, 0.15) is 21.5 Å². The second-order valence-electron chi connectivity index (χ2n) is 7.27. The van der Waals surface area contributed by atoms with Crippen LogP contribution in [-0.2, 0) is 13.0 Å². The quantitative estimate of drug-likeness (QED) is 0.261. The highest BCUT2D eigenvalue weighted by atomic mass is 16.6. The summed E-state index contributed by atoms with van der Waals surface area (Å²) in [5.41, 5.74) is 4.81. The van der Waals surface area contributed by atoms with Crippen LogP contribution in [0.3, 0.4) is 0 Å². The highest BCUT2D eigenvalue weighted by Gasteiger charge is 2.20. The molecule has 0 amide bonds. The van der Waals surface area contributed by atoms with Gasteiger partial charge in [0.15, 0.2) is 5.78 Å². The van der Waals surface area contributed by atoms with Gasteiger partial charge in [-0.15, -0.1) is 0 Å². The van der Waals surface area contributed by atoms with Crippen molar-refractivity contribution in [2.45, 2.75) is 13.0 Å². The van der Waals surface area contributed by atoms with Gasteiger partial charge < -0.3 is 0 Å². The van der Waals surface area contributed by atoms with Gasteiger partial charge in [0.25, 0.3) is 11.2 Å². The highest BCUT2D eigenvalue weighted by Crippen LogP contribution is 2.36. The third kappa shape index (κ3) is 2.88. The third-order valence-corrected chi connectivity index (χ3v) is 5.45. The Morgan fingerprint density at radius 3 is 2.67 bits per heavy atom. The summed E-state index contributed by atoms with van der Waals surface area (Å²) in [6.45, 7) is -0.154. The number of ketones is 1. The number of fused-ring (bicyclic) bond motifs is 4. The summed E-state index contributed by atoms with van der Waals surface area (Å²) in [6.07, 6.45) is 2.11. The molecule has 0 unspecified atom stereocenters. The van der Waals surface area contributed by atoms with E-state index in [-0.39, 0.29) is 28.9 Å². The summed E-state index contributed by atoms with van der Waals surface area (Å²) in [7, 11) is 0. The summed E-state index contributed by atoms with van der Waals surface area (Å²) in [5.74, 6) is -0.202. The topological polar surface area (TPSA) is 95.1 Å². The molecule has 0 saturated carbocycles. The van der Waals surface area contributed by atoms with Crippen LogP contribution in [0.5, 0.6) is 0 Å². The van der Waals surface area contributed by atoms with E-state index in [2.05, 4.69) is 11.1 Å². The molecule has 0 saturated heterocycles. The Morgan fingerprint density at radius 2 is 1.83 bits per heavy atom. The molecule has 0 bridgehead atoms. The summed E-state index contributed by atoms with van der Waals surface area (Å²) >= 11 is 0. The molecule has 1 aliphatic rings. The fourth-order valence-electron chi connectivity index (χ4n) is 3.92. The predicted octanol–water partition coefficient (Wildman–Crippen LogP) is 3.76. The minimum atomic E-state index is -0.540. The van der Waals surface area contributed by atoms with E-state index in [1.807, 2.05) is 30.3 Å². The lowest BCUT2D eigenvalue weighted by Crippen LogP contribution is -2.24. The van der Waals surface area contributed by atoms with E-state index in [9.17, 15) is 19.7 Å². The van der Waals surface area contributed by atoms with Gasteiger partial charge in [0.2, 0.25) is 0 Å². The smallest absolute Gasteiger partial charge is 0.271 e. The van der Waals surface area contributed by atoms with Crippen LogP contribution in [0.4, 0.5) is 5.69 Å². The van der Waals surface area contributed by atoms with Gasteiger partial charge >= 0.3 is 0 Å². The molecule has 146 valence electrons. The highest BCUT2D eigenvalue weighted by molar-refractivity contribution is 5.98. The number of carbonyl (C=O) groups excluding carboxylic acids is 1. The average Bonchev–Trinajstić information content (AvgIpc) is 3.13. The number of nitro benzene ring substituents is 1. The molecule has 0 atom stereocenters. The SMILES string of the molecule is O=C(Cn1cnc2cc([N+](=O)[O-])ccc2c1=O)c1ccc2c(c1)-c1ccccc1C2. The Morgan fingerprint density at radius 1 is 1.03 bits per heavy atom. The molecule has 7 heteroatoms. The summed E-state index contributed by atoms with van der Waals surface area (Å²) in [4.78, 5) is 40.1. The molecule has 7 nitrogen and oxygen atoms in total. The summed E-state index contributed by atoms with van der Waals surface area (Å²) in [5, 5.41) is 11.1. The zero-order chi connectivity index (χ0) is 20.8. The number of hydrogen-bond acceptors (Lipinski definition) is 5. The second kappa shape index (κ2) is 6.73. The van der Waals surface area contributed by atoms with Crippen LogP contribution in [0.2, 0.25) is 0 Å². The number of carbonyl (C=O) groups is 1. The minimum absolute atomic E-state index is 0.137. The fraction of sp³-hybridized carbons (Fsp3) is 0.0870. The van der Waals surface area contributed by atoms with E-state index >= 15 is 0 Å². The molecule has 4 aromatic rings. The second-order valence-corrected chi connectivity index (χ2v) is 7.27. The van der Waals surface area contributed by atoms with E-state index in [1.54, 1.807) is 6.07 Å². The zero-order valence-electron chi connectivity index (χ0n) is 15.7. The van der Waals surface area contributed by atoms with Gasteiger partial charge in [-0.1, -0.05) is 36.4 Å². The Kier molecular flexibility index (Phi) is 4.03. The zero-order valence-corrected chi connectivity index (χ0v) is 15.7. The number of nitro groups is 1. The van der Waals surface area contributed by atoms with Crippen LogP contribution in [-0.4, -0.2) is 20.3 Å². The van der Waals surface area contributed by atoms with Crippen LogP contribution in [0.15, 0.2) is 71.8 Å². The molecule has 5 rings (SSSR count). The molecule has 1 heterocycles. The lowest BCUT2D eigenvalue weighted by molar-refractivity contribution is -0.384. The molecule has 1 aromatic heterocycles. The summed E-state index contributed by atoms with van der Waals surface area (Å²) in [6, 6.07) is 17.6. The molecular weight excluding hydrogens is 382 g/mol. The maximum Gasteiger partial charge on any atom is 0.271 e. The molecule has 3 aromatic carbocycles. The van der Waals surface area contributed by atoms with Gasteiger partial charge in [0.1, 0.15) is 0 Å². The van der Waals surface area contributed by atoms with Crippen molar-refractivity contribution < 1.29 is 9.72 Å². The van der Waals surface area contributed by atoms with E-state index in [1.165, 1.54) is 40.2 Å².